The average molecular weight is 239 g/mol. The number of carbonyl (C=O) groups excluding carboxylic acids is 1. The van der Waals surface area contributed by atoms with Gasteiger partial charge in [0.2, 0.25) is 0 Å². The molecular formula is C11H17N3O3. The lowest BCUT2D eigenvalue weighted by molar-refractivity contribution is 0.0745. The van der Waals surface area contributed by atoms with Crippen molar-refractivity contribution < 1.29 is 14.4 Å². The fourth-order valence-electron chi connectivity index (χ4n) is 1.48. The summed E-state index contributed by atoms with van der Waals surface area (Å²) in [5, 5.41) is 11.4. The minimum Gasteiger partial charge on any atom is -0.469 e. The number of nitrogens with two attached hydrogens (primary N) is 1. The van der Waals surface area contributed by atoms with Crippen LogP contribution in [0.15, 0.2) is 21.9 Å². The summed E-state index contributed by atoms with van der Waals surface area (Å²) in [4.78, 5) is 13.6. The van der Waals surface area contributed by atoms with E-state index in [0.717, 1.165) is 0 Å². The molecule has 0 saturated carbocycles. The highest BCUT2D eigenvalue weighted by Crippen LogP contribution is 2.13. The maximum Gasteiger partial charge on any atom is 0.257 e. The van der Waals surface area contributed by atoms with Gasteiger partial charge in [0.15, 0.2) is 0 Å². The van der Waals surface area contributed by atoms with Gasteiger partial charge in [-0.25, -0.2) is 0 Å². The SMILES string of the molecule is Cc1occc1C(=O)N(C)C(C)CC(N)=NO. The monoisotopic (exact) mass is 239 g/mol. The van der Waals surface area contributed by atoms with Crippen molar-refractivity contribution in [2.75, 3.05) is 7.05 Å². The number of aryl methyl sites for hydroxylation is 1. The zero-order valence-electron chi connectivity index (χ0n) is 10.2. The lowest BCUT2D eigenvalue weighted by Gasteiger charge is -2.24. The van der Waals surface area contributed by atoms with Crippen molar-refractivity contribution in [2.45, 2.75) is 26.3 Å². The van der Waals surface area contributed by atoms with Crippen LogP contribution in [0.3, 0.4) is 0 Å². The molecule has 0 saturated heterocycles. The van der Waals surface area contributed by atoms with E-state index in [2.05, 4.69) is 5.16 Å². The first-order chi connectivity index (χ1) is 7.97. The van der Waals surface area contributed by atoms with Gasteiger partial charge in [-0.15, -0.1) is 0 Å². The molecule has 17 heavy (non-hydrogen) atoms. The Morgan fingerprint density at radius 2 is 2.35 bits per heavy atom. The lowest BCUT2D eigenvalue weighted by atomic mass is 10.1. The molecule has 1 aromatic heterocycles. The van der Waals surface area contributed by atoms with Crippen LogP contribution in [0.25, 0.3) is 0 Å². The fourth-order valence-corrected chi connectivity index (χ4v) is 1.48. The number of furan rings is 1. The highest BCUT2D eigenvalue weighted by atomic mass is 16.4. The number of hydrogen-bond acceptors (Lipinski definition) is 4. The summed E-state index contributed by atoms with van der Waals surface area (Å²) in [6, 6.07) is 1.47. The van der Waals surface area contributed by atoms with Crippen molar-refractivity contribution >= 4 is 11.7 Å². The maximum atomic E-state index is 12.1. The van der Waals surface area contributed by atoms with Crippen LogP contribution < -0.4 is 5.73 Å². The van der Waals surface area contributed by atoms with Crippen molar-refractivity contribution in [3.8, 4) is 0 Å². The van der Waals surface area contributed by atoms with E-state index in [4.69, 9.17) is 15.4 Å². The molecule has 1 unspecified atom stereocenters. The number of amides is 1. The Labute approximate surface area is 99.7 Å². The Morgan fingerprint density at radius 3 is 2.82 bits per heavy atom. The van der Waals surface area contributed by atoms with Crippen LogP contribution in [-0.2, 0) is 0 Å². The second-order valence-electron chi connectivity index (χ2n) is 3.95. The predicted molar refractivity (Wildman–Crippen MR) is 63.0 cm³/mol. The second-order valence-corrected chi connectivity index (χ2v) is 3.95. The van der Waals surface area contributed by atoms with Gasteiger partial charge in [0, 0.05) is 19.5 Å². The van der Waals surface area contributed by atoms with E-state index in [0.29, 0.717) is 17.7 Å². The maximum absolute atomic E-state index is 12.1. The average Bonchev–Trinajstić information content (AvgIpc) is 2.73. The van der Waals surface area contributed by atoms with Crippen LogP contribution in [0, 0.1) is 6.92 Å². The number of hydrogen-bond donors (Lipinski definition) is 2. The molecule has 0 aliphatic carbocycles. The first kappa shape index (κ1) is 13.1. The third kappa shape index (κ3) is 2.99. The Bertz CT molecular complexity index is 425. The van der Waals surface area contributed by atoms with Gasteiger partial charge in [0.05, 0.1) is 11.8 Å². The molecule has 0 radical (unpaired) electrons. The van der Waals surface area contributed by atoms with Gasteiger partial charge in [-0.05, 0) is 19.9 Å². The molecule has 1 atom stereocenters. The minimum atomic E-state index is -0.160. The Kier molecular flexibility index (Phi) is 4.14. The van der Waals surface area contributed by atoms with E-state index in [1.807, 2.05) is 6.92 Å². The molecule has 0 aromatic carbocycles. The summed E-state index contributed by atoms with van der Waals surface area (Å²) in [5.41, 5.74) is 5.93. The highest BCUT2D eigenvalue weighted by Gasteiger charge is 2.21. The molecule has 1 heterocycles. The molecule has 0 aliphatic rings. The summed E-state index contributed by atoms with van der Waals surface area (Å²) in [5.74, 6) is 0.536. The van der Waals surface area contributed by atoms with Gasteiger partial charge >= 0.3 is 0 Å². The summed E-state index contributed by atoms with van der Waals surface area (Å²) in [7, 11) is 1.67. The zero-order valence-corrected chi connectivity index (χ0v) is 10.2. The van der Waals surface area contributed by atoms with Crippen molar-refractivity contribution in [3.63, 3.8) is 0 Å². The molecule has 0 bridgehead atoms. The standard InChI is InChI=1S/C11H17N3O3/c1-7(6-10(12)13-16)14(3)11(15)9-4-5-17-8(9)2/h4-5,7,16H,6H2,1-3H3,(H2,12,13). The predicted octanol–water partition coefficient (Wildman–Crippen LogP) is 1.19. The first-order valence-corrected chi connectivity index (χ1v) is 5.25. The molecule has 1 amide bonds. The summed E-state index contributed by atoms with van der Waals surface area (Å²) >= 11 is 0. The number of amidine groups is 1. The third-order valence-electron chi connectivity index (χ3n) is 2.70. The Balaban J connectivity index is 2.73. The molecule has 1 aromatic rings. The van der Waals surface area contributed by atoms with Crippen molar-refractivity contribution in [1.82, 2.24) is 4.90 Å². The van der Waals surface area contributed by atoms with E-state index in [-0.39, 0.29) is 17.8 Å². The minimum absolute atomic E-state index is 0.0982. The fraction of sp³-hybridized carbons (Fsp3) is 0.455. The van der Waals surface area contributed by atoms with Crippen LogP contribution >= 0.6 is 0 Å². The lowest BCUT2D eigenvalue weighted by Crippen LogP contribution is -2.37. The molecule has 0 aliphatic heterocycles. The quantitative estimate of drug-likeness (QED) is 0.357. The van der Waals surface area contributed by atoms with Crippen LogP contribution in [-0.4, -0.2) is 34.9 Å². The summed E-state index contributed by atoms with van der Waals surface area (Å²) in [6.45, 7) is 3.56. The number of rotatable bonds is 4. The molecule has 0 spiro atoms. The van der Waals surface area contributed by atoms with E-state index < -0.39 is 0 Å². The Hall–Kier alpha value is -1.98. The van der Waals surface area contributed by atoms with E-state index in [1.54, 1.807) is 20.0 Å². The third-order valence-corrected chi connectivity index (χ3v) is 2.70. The van der Waals surface area contributed by atoms with Crippen molar-refractivity contribution in [3.05, 3.63) is 23.7 Å². The van der Waals surface area contributed by atoms with Crippen LogP contribution in [0.4, 0.5) is 0 Å². The van der Waals surface area contributed by atoms with Gasteiger partial charge in [-0.2, -0.15) is 0 Å². The van der Waals surface area contributed by atoms with Crippen LogP contribution in [0.1, 0.15) is 29.5 Å². The van der Waals surface area contributed by atoms with E-state index in [1.165, 1.54) is 11.2 Å². The number of oxime groups is 1. The van der Waals surface area contributed by atoms with E-state index >= 15 is 0 Å². The zero-order chi connectivity index (χ0) is 13.0. The molecule has 0 fully saturated rings. The second kappa shape index (κ2) is 5.38. The molecule has 94 valence electrons. The molecule has 6 heteroatoms. The largest absolute Gasteiger partial charge is 0.469 e. The normalized spacial score (nSPS) is 13.5. The van der Waals surface area contributed by atoms with Gasteiger partial charge in [-0.3, -0.25) is 4.79 Å². The molecular weight excluding hydrogens is 222 g/mol. The van der Waals surface area contributed by atoms with Gasteiger partial charge in [-0.1, -0.05) is 5.16 Å². The molecule has 6 nitrogen and oxygen atoms in total. The molecule has 3 N–H and O–H groups in total. The van der Waals surface area contributed by atoms with Crippen molar-refractivity contribution in [2.24, 2.45) is 10.9 Å². The Morgan fingerprint density at radius 1 is 1.71 bits per heavy atom. The van der Waals surface area contributed by atoms with Crippen LogP contribution in [0.5, 0.6) is 0 Å². The summed E-state index contributed by atoms with van der Waals surface area (Å²) < 4.78 is 5.08. The highest BCUT2D eigenvalue weighted by molar-refractivity contribution is 5.95. The first-order valence-electron chi connectivity index (χ1n) is 5.25. The van der Waals surface area contributed by atoms with Gasteiger partial charge in [0.25, 0.3) is 5.91 Å². The van der Waals surface area contributed by atoms with E-state index in [9.17, 15) is 4.79 Å². The number of carbonyl (C=O) groups is 1. The topological polar surface area (TPSA) is 92.1 Å². The van der Waals surface area contributed by atoms with Crippen LogP contribution in [0.2, 0.25) is 0 Å². The van der Waals surface area contributed by atoms with Gasteiger partial charge in [0.1, 0.15) is 11.6 Å². The summed E-state index contributed by atoms with van der Waals surface area (Å²) in [6.07, 6.45) is 1.79. The van der Waals surface area contributed by atoms with Gasteiger partial charge < -0.3 is 20.3 Å². The van der Waals surface area contributed by atoms with Crippen molar-refractivity contribution in [1.29, 1.82) is 0 Å². The number of nitrogens with zero attached hydrogens (tertiary/aromatic N) is 2. The molecule has 1 rings (SSSR count). The smallest absolute Gasteiger partial charge is 0.257 e.